The van der Waals surface area contributed by atoms with Crippen LogP contribution in [0.25, 0.3) is 10.1 Å². The van der Waals surface area contributed by atoms with Crippen LogP contribution >= 0.6 is 11.3 Å². The molecule has 0 spiro atoms. The molecule has 1 aromatic carbocycles. The van der Waals surface area contributed by atoms with Crippen molar-refractivity contribution in [3.8, 4) is 0 Å². The van der Waals surface area contributed by atoms with Gasteiger partial charge in [0.25, 0.3) is 0 Å². The highest BCUT2D eigenvalue weighted by Crippen LogP contribution is 2.25. The lowest BCUT2D eigenvalue weighted by atomic mass is 10.1. The number of fused-ring (bicyclic) bond motifs is 1. The number of benzene rings is 1. The standard InChI is InChI=1S/C11H8F2O2S/c12-11(13,10(14)15)6-7-1-2-9-8(5-7)3-4-16-9/h1-5H,6H2,(H,14,15). The molecule has 0 aliphatic heterocycles. The highest BCUT2D eigenvalue weighted by Gasteiger charge is 2.38. The fourth-order valence-electron chi connectivity index (χ4n) is 1.46. The lowest BCUT2D eigenvalue weighted by molar-refractivity contribution is -0.164. The molecular formula is C11H8F2O2S. The summed E-state index contributed by atoms with van der Waals surface area (Å²) in [5, 5.41) is 11.1. The maximum absolute atomic E-state index is 13.0. The Morgan fingerprint density at radius 3 is 2.81 bits per heavy atom. The fourth-order valence-corrected chi connectivity index (χ4v) is 2.23. The molecule has 0 saturated carbocycles. The van der Waals surface area contributed by atoms with Crippen molar-refractivity contribution in [2.24, 2.45) is 0 Å². The van der Waals surface area contributed by atoms with Gasteiger partial charge in [0.05, 0.1) is 0 Å². The fraction of sp³-hybridized carbons (Fsp3) is 0.182. The molecule has 0 aliphatic carbocycles. The predicted octanol–water partition coefficient (Wildman–Crippen LogP) is 3.16. The lowest BCUT2D eigenvalue weighted by Crippen LogP contribution is -2.30. The Morgan fingerprint density at radius 1 is 1.38 bits per heavy atom. The van der Waals surface area contributed by atoms with Gasteiger partial charge in [-0.1, -0.05) is 12.1 Å². The van der Waals surface area contributed by atoms with E-state index in [1.54, 1.807) is 12.1 Å². The summed E-state index contributed by atoms with van der Waals surface area (Å²) in [4.78, 5) is 10.3. The van der Waals surface area contributed by atoms with Gasteiger partial charge in [-0.2, -0.15) is 8.78 Å². The van der Waals surface area contributed by atoms with Gasteiger partial charge in [-0.15, -0.1) is 11.3 Å². The van der Waals surface area contributed by atoms with Crippen LogP contribution < -0.4 is 0 Å². The van der Waals surface area contributed by atoms with Gasteiger partial charge in [0.2, 0.25) is 0 Å². The molecule has 1 aromatic heterocycles. The smallest absolute Gasteiger partial charge is 0.374 e. The molecule has 1 N–H and O–H groups in total. The molecule has 0 radical (unpaired) electrons. The summed E-state index contributed by atoms with van der Waals surface area (Å²) in [6.07, 6.45) is -0.770. The molecule has 0 bridgehead atoms. The molecule has 0 aliphatic rings. The van der Waals surface area contributed by atoms with Gasteiger partial charge in [-0.25, -0.2) is 4.79 Å². The van der Waals surface area contributed by atoms with E-state index in [9.17, 15) is 13.6 Å². The Morgan fingerprint density at radius 2 is 2.12 bits per heavy atom. The second kappa shape index (κ2) is 3.83. The molecule has 2 aromatic rings. The van der Waals surface area contributed by atoms with Crippen LogP contribution in [-0.4, -0.2) is 17.0 Å². The minimum atomic E-state index is -3.70. The zero-order valence-corrected chi connectivity index (χ0v) is 8.93. The number of alkyl halides is 2. The number of carboxylic acid groups (broad SMARTS) is 1. The van der Waals surface area contributed by atoms with E-state index in [1.807, 2.05) is 11.4 Å². The molecule has 84 valence electrons. The van der Waals surface area contributed by atoms with Gasteiger partial charge in [-0.3, -0.25) is 0 Å². The van der Waals surface area contributed by atoms with Crippen molar-refractivity contribution in [2.45, 2.75) is 12.3 Å². The Hall–Kier alpha value is -1.49. The van der Waals surface area contributed by atoms with Crippen molar-refractivity contribution in [1.82, 2.24) is 0 Å². The van der Waals surface area contributed by atoms with Gasteiger partial charge in [-0.05, 0) is 28.5 Å². The van der Waals surface area contributed by atoms with Crippen molar-refractivity contribution in [3.05, 3.63) is 35.2 Å². The third kappa shape index (κ3) is 2.04. The Balaban J connectivity index is 2.30. The number of hydrogen-bond acceptors (Lipinski definition) is 2. The van der Waals surface area contributed by atoms with Crippen LogP contribution in [0.4, 0.5) is 8.78 Å². The Bertz CT molecular complexity index is 534. The normalized spacial score (nSPS) is 11.9. The topological polar surface area (TPSA) is 37.3 Å². The summed E-state index contributed by atoms with van der Waals surface area (Å²) in [6, 6.07) is 6.69. The molecule has 2 rings (SSSR count). The third-order valence-corrected chi connectivity index (χ3v) is 3.15. The van der Waals surface area contributed by atoms with Crippen LogP contribution in [0, 0.1) is 0 Å². The largest absolute Gasteiger partial charge is 0.477 e. The number of carboxylic acids is 1. The van der Waals surface area contributed by atoms with E-state index >= 15 is 0 Å². The quantitative estimate of drug-likeness (QED) is 0.897. The van der Waals surface area contributed by atoms with Crippen LogP contribution in [0.1, 0.15) is 5.56 Å². The lowest BCUT2D eigenvalue weighted by Gasteiger charge is -2.10. The average Bonchev–Trinajstić information content (AvgIpc) is 2.63. The Kier molecular flexibility index (Phi) is 2.63. The number of rotatable bonds is 3. The molecule has 0 saturated heterocycles. The first-order valence-corrected chi connectivity index (χ1v) is 5.44. The minimum Gasteiger partial charge on any atom is -0.477 e. The first kappa shape index (κ1) is 11.0. The minimum absolute atomic E-state index is 0.332. The van der Waals surface area contributed by atoms with Crippen molar-refractivity contribution in [1.29, 1.82) is 0 Å². The van der Waals surface area contributed by atoms with Crippen LogP contribution in [-0.2, 0) is 11.2 Å². The van der Waals surface area contributed by atoms with E-state index in [0.717, 1.165) is 10.1 Å². The second-order valence-corrected chi connectivity index (χ2v) is 4.43. The molecule has 1 heterocycles. The molecule has 0 atom stereocenters. The number of hydrogen-bond donors (Lipinski definition) is 1. The van der Waals surface area contributed by atoms with E-state index in [-0.39, 0.29) is 0 Å². The molecule has 5 heteroatoms. The van der Waals surface area contributed by atoms with E-state index in [0.29, 0.717) is 5.56 Å². The summed E-state index contributed by atoms with van der Waals surface area (Å²) in [5.41, 5.74) is 0.332. The summed E-state index contributed by atoms with van der Waals surface area (Å²) in [6.45, 7) is 0. The van der Waals surface area contributed by atoms with Crippen molar-refractivity contribution >= 4 is 27.4 Å². The van der Waals surface area contributed by atoms with Gasteiger partial charge in [0.1, 0.15) is 0 Å². The highest BCUT2D eigenvalue weighted by atomic mass is 32.1. The van der Waals surface area contributed by atoms with Crippen molar-refractivity contribution < 1.29 is 18.7 Å². The van der Waals surface area contributed by atoms with Crippen LogP contribution in [0.15, 0.2) is 29.6 Å². The summed E-state index contributed by atoms with van der Waals surface area (Å²) >= 11 is 1.52. The van der Waals surface area contributed by atoms with Gasteiger partial charge in [0.15, 0.2) is 0 Å². The van der Waals surface area contributed by atoms with E-state index in [2.05, 4.69) is 0 Å². The highest BCUT2D eigenvalue weighted by molar-refractivity contribution is 7.17. The molecule has 16 heavy (non-hydrogen) atoms. The maximum Gasteiger partial charge on any atom is 0.374 e. The maximum atomic E-state index is 13.0. The third-order valence-electron chi connectivity index (χ3n) is 2.26. The van der Waals surface area contributed by atoms with Gasteiger partial charge >= 0.3 is 11.9 Å². The first-order chi connectivity index (χ1) is 7.49. The number of thiophene rings is 1. The Labute approximate surface area is 94.1 Å². The number of carbonyl (C=O) groups is 1. The van der Waals surface area contributed by atoms with Gasteiger partial charge < -0.3 is 5.11 Å². The zero-order valence-electron chi connectivity index (χ0n) is 8.11. The average molecular weight is 242 g/mol. The number of aliphatic carboxylic acids is 1. The molecule has 0 fully saturated rings. The predicted molar refractivity (Wildman–Crippen MR) is 58.1 cm³/mol. The van der Waals surface area contributed by atoms with Crippen LogP contribution in [0.3, 0.4) is 0 Å². The molecular weight excluding hydrogens is 234 g/mol. The molecule has 2 nitrogen and oxygen atoms in total. The van der Waals surface area contributed by atoms with Crippen molar-refractivity contribution in [3.63, 3.8) is 0 Å². The van der Waals surface area contributed by atoms with E-state index in [1.165, 1.54) is 17.4 Å². The second-order valence-electron chi connectivity index (χ2n) is 3.48. The van der Waals surface area contributed by atoms with Gasteiger partial charge in [0, 0.05) is 11.1 Å². The summed E-state index contributed by atoms with van der Waals surface area (Å²) < 4.78 is 26.9. The summed E-state index contributed by atoms with van der Waals surface area (Å²) in [5.74, 6) is -5.79. The number of halogens is 2. The van der Waals surface area contributed by atoms with Crippen LogP contribution in [0.2, 0.25) is 0 Å². The van der Waals surface area contributed by atoms with E-state index < -0.39 is 18.3 Å². The monoisotopic (exact) mass is 242 g/mol. The SMILES string of the molecule is O=C(O)C(F)(F)Cc1ccc2sccc2c1. The van der Waals surface area contributed by atoms with Crippen molar-refractivity contribution in [2.75, 3.05) is 0 Å². The van der Waals surface area contributed by atoms with E-state index in [4.69, 9.17) is 5.11 Å². The molecule has 0 amide bonds. The first-order valence-electron chi connectivity index (χ1n) is 4.56. The zero-order chi connectivity index (χ0) is 11.8. The summed E-state index contributed by atoms with van der Waals surface area (Å²) in [7, 11) is 0. The molecule has 0 unspecified atom stereocenters. The van der Waals surface area contributed by atoms with Crippen LogP contribution in [0.5, 0.6) is 0 Å².